The average molecular weight is 691 g/mol. The zero-order valence-electron chi connectivity index (χ0n) is 25.4. The largest absolute Gasteiger partial charge is 0.493 e. The number of methoxy groups -OCH3 is 2. The Balaban J connectivity index is 0.00000267. The zero-order chi connectivity index (χ0) is 32.3. The summed E-state index contributed by atoms with van der Waals surface area (Å²) in [5.74, 6) is -0.120. The minimum Gasteiger partial charge on any atom is -0.493 e. The Kier molecular flexibility index (Phi) is 12.8. The highest BCUT2D eigenvalue weighted by molar-refractivity contribution is 6.04. The van der Waals surface area contributed by atoms with Crippen LogP contribution in [0.3, 0.4) is 0 Å². The number of nitrogens with zero attached hydrogens (tertiary/aromatic N) is 2. The maximum absolute atomic E-state index is 13.4. The predicted molar refractivity (Wildman–Crippen MR) is 177 cm³/mol. The molecule has 3 aromatic carbocycles. The minimum atomic E-state index is -4.62. The summed E-state index contributed by atoms with van der Waals surface area (Å²) in [6.07, 6.45) is -1.16. The number of hydrogen-bond donors (Lipinski definition) is 2. The van der Waals surface area contributed by atoms with Gasteiger partial charge >= 0.3 is 6.18 Å². The first-order chi connectivity index (χ1) is 21.5. The second-order valence-electron chi connectivity index (χ2n) is 9.97. The smallest absolute Gasteiger partial charge is 0.406 e. The lowest BCUT2D eigenvalue weighted by Crippen LogP contribution is -2.27. The summed E-state index contributed by atoms with van der Waals surface area (Å²) in [5.41, 5.74) is 7.97. The molecule has 5 rings (SSSR count). The summed E-state index contributed by atoms with van der Waals surface area (Å²) in [5, 5.41) is 2.56. The molecule has 254 valence electrons. The Hall–Kier alpha value is -5.44. The van der Waals surface area contributed by atoms with Crippen LogP contribution >= 0.6 is 12.4 Å². The molecule has 0 fully saturated rings. The molecule has 0 saturated heterocycles. The number of benzene rings is 3. The van der Waals surface area contributed by atoms with Gasteiger partial charge in [0.25, 0.3) is 5.91 Å². The van der Waals surface area contributed by atoms with Gasteiger partial charge in [0.05, 0.1) is 14.2 Å². The van der Waals surface area contributed by atoms with E-state index in [2.05, 4.69) is 10.3 Å². The third-order valence-electron chi connectivity index (χ3n) is 6.93. The Labute approximate surface area is 277 Å². The Morgan fingerprint density at radius 3 is 2.02 bits per heavy atom. The highest BCUT2D eigenvalue weighted by Gasteiger charge is 2.29. The molecule has 5 aromatic rings. The lowest BCUT2D eigenvalue weighted by atomic mass is 10.0. The van der Waals surface area contributed by atoms with Crippen molar-refractivity contribution in [1.29, 1.82) is 0 Å². The van der Waals surface area contributed by atoms with Crippen LogP contribution < -0.4 is 26.0 Å². The van der Waals surface area contributed by atoms with Gasteiger partial charge in [-0.2, -0.15) is 13.2 Å². The molecule has 0 spiro atoms. The van der Waals surface area contributed by atoms with Gasteiger partial charge in [-0.25, -0.2) is 9.37 Å². The maximum atomic E-state index is 13.4. The van der Waals surface area contributed by atoms with Gasteiger partial charge in [0, 0.05) is 41.0 Å². The molecule has 0 unspecified atom stereocenters. The monoisotopic (exact) mass is 690 g/mol. The van der Waals surface area contributed by atoms with Crippen molar-refractivity contribution in [2.24, 2.45) is 0 Å². The number of ether oxygens (including phenoxy) is 2. The van der Waals surface area contributed by atoms with Crippen LogP contribution in [0.25, 0.3) is 33.4 Å². The second kappa shape index (κ2) is 15.9. The summed E-state index contributed by atoms with van der Waals surface area (Å²) in [7, 11) is 3.08. The van der Waals surface area contributed by atoms with Crippen molar-refractivity contribution in [2.75, 3.05) is 25.3 Å². The van der Waals surface area contributed by atoms with Crippen LogP contribution in [0.1, 0.15) is 10.4 Å². The number of carbonyl (C=O) groups excluding carboxylic acids is 1. The number of anilines is 2. The number of aromatic nitrogens is 2. The van der Waals surface area contributed by atoms with Crippen molar-refractivity contribution >= 4 is 29.8 Å². The van der Waals surface area contributed by atoms with Crippen LogP contribution in [0.15, 0.2) is 96.2 Å². The molecule has 0 aliphatic heterocycles. The zero-order valence-corrected chi connectivity index (χ0v) is 26.2. The Morgan fingerprint density at radius 2 is 1.42 bits per heavy atom. The van der Waals surface area contributed by atoms with Crippen molar-refractivity contribution < 1.29 is 42.8 Å². The first kappa shape index (κ1) is 38.7. The van der Waals surface area contributed by atoms with E-state index < -0.39 is 35.4 Å². The van der Waals surface area contributed by atoms with E-state index >= 15 is 0 Å². The van der Waals surface area contributed by atoms with Crippen LogP contribution in [0.4, 0.5) is 29.1 Å². The van der Waals surface area contributed by atoms with Crippen molar-refractivity contribution in [3.63, 3.8) is 0 Å². The van der Waals surface area contributed by atoms with E-state index in [0.717, 1.165) is 35.7 Å². The Bertz CT molecular complexity index is 1940. The molecule has 15 heteroatoms. The third kappa shape index (κ3) is 8.67. The fourth-order valence-electron chi connectivity index (χ4n) is 4.74. The first-order valence-corrected chi connectivity index (χ1v) is 13.4. The number of rotatable bonds is 8. The van der Waals surface area contributed by atoms with Crippen molar-refractivity contribution in [1.82, 2.24) is 9.55 Å². The molecular weight excluding hydrogens is 660 g/mol. The number of pyridine rings is 2. The van der Waals surface area contributed by atoms with Gasteiger partial charge in [-0.05, 0) is 59.2 Å². The van der Waals surface area contributed by atoms with E-state index in [9.17, 15) is 27.2 Å². The van der Waals surface area contributed by atoms with Gasteiger partial charge in [-0.1, -0.05) is 30.3 Å². The highest BCUT2D eigenvalue weighted by Crippen LogP contribution is 2.35. The SMILES string of the molecule is COc1ccc(-c2cnc(N)c(-c3ccc(NC(=O)c4cn(CC(F)(F)F)cc(-c5ccc(F)cc5)c4=O)cc3)c2)cc1OC.Cl.O.O. The summed E-state index contributed by atoms with van der Waals surface area (Å²) in [6.45, 7) is -1.44. The van der Waals surface area contributed by atoms with Crippen molar-refractivity contribution in [3.8, 4) is 44.9 Å². The van der Waals surface area contributed by atoms with Crippen LogP contribution in [0.2, 0.25) is 0 Å². The molecule has 0 radical (unpaired) electrons. The summed E-state index contributed by atoms with van der Waals surface area (Å²) >= 11 is 0. The number of amides is 1. The molecular formula is C33H31ClF4N4O6. The molecule has 2 aromatic heterocycles. The number of halogens is 5. The maximum Gasteiger partial charge on any atom is 0.406 e. The van der Waals surface area contributed by atoms with Crippen molar-refractivity contribution in [2.45, 2.75) is 12.7 Å². The molecule has 0 atom stereocenters. The fraction of sp³-hybridized carbons (Fsp3) is 0.121. The van der Waals surface area contributed by atoms with E-state index in [1.807, 2.05) is 18.2 Å². The molecule has 10 nitrogen and oxygen atoms in total. The minimum absolute atomic E-state index is 0. The van der Waals surface area contributed by atoms with E-state index in [0.29, 0.717) is 27.2 Å². The van der Waals surface area contributed by atoms with Crippen LogP contribution in [-0.2, 0) is 6.54 Å². The second-order valence-corrected chi connectivity index (χ2v) is 9.97. The van der Waals surface area contributed by atoms with Gasteiger partial charge in [-0.15, -0.1) is 12.4 Å². The lowest BCUT2D eigenvalue weighted by molar-refractivity contribution is -0.140. The van der Waals surface area contributed by atoms with Gasteiger partial charge in [-0.3, -0.25) is 9.59 Å². The molecule has 0 saturated carbocycles. The lowest BCUT2D eigenvalue weighted by Gasteiger charge is -2.14. The van der Waals surface area contributed by atoms with Gasteiger partial charge in [0.15, 0.2) is 11.5 Å². The van der Waals surface area contributed by atoms with E-state index in [-0.39, 0.29) is 46.0 Å². The number of nitrogens with two attached hydrogens (primary N) is 1. The molecule has 7 N–H and O–H groups in total. The average Bonchev–Trinajstić information content (AvgIpc) is 3.02. The standard InChI is InChI=1S/C33H26F4N4O4.ClH.2H2O/c1-44-28-12-7-21(14-29(28)45-2)22-13-25(31(38)39-15-22)19-5-10-24(11-6-19)40-32(43)27-17-41(18-33(35,36)37)16-26(30(27)42)20-3-8-23(34)9-4-20;;;/h3-17H,18H2,1-2H3,(H2,38,39)(H,40,43);1H;2*1H2. The summed E-state index contributed by atoms with van der Waals surface area (Å²) in [6, 6.07) is 18.4. The predicted octanol–water partition coefficient (Wildman–Crippen LogP) is 5.57. The molecule has 0 aliphatic carbocycles. The molecule has 48 heavy (non-hydrogen) atoms. The number of carbonyl (C=O) groups is 1. The Morgan fingerprint density at radius 1 is 0.833 bits per heavy atom. The molecule has 1 amide bonds. The first-order valence-electron chi connectivity index (χ1n) is 13.4. The third-order valence-corrected chi connectivity index (χ3v) is 6.93. The molecule has 2 heterocycles. The molecule has 0 bridgehead atoms. The number of nitrogen functional groups attached to an aromatic ring is 1. The summed E-state index contributed by atoms with van der Waals surface area (Å²) < 4.78 is 64.5. The summed E-state index contributed by atoms with van der Waals surface area (Å²) in [4.78, 5) is 30.7. The fourth-order valence-corrected chi connectivity index (χ4v) is 4.74. The van der Waals surface area contributed by atoms with E-state index in [4.69, 9.17) is 15.2 Å². The van der Waals surface area contributed by atoms with Gasteiger partial charge in [0.1, 0.15) is 23.7 Å². The topological polar surface area (TPSA) is 171 Å². The van der Waals surface area contributed by atoms with E-state index in [1.165, 1.54) is 19.2 Å². The molecule has 0 aliphatic rings. The number of nitrogens with one attached hydrogen (secondary N) is 1. The number of hydrogen-bond acceptors (Lipinski definition) is 6. The van der Waals surface area contributed by atoms with Crippen LogP contribution in [-0.4, -0.2) is 46.8 Å². The van der Waals surface area contributed by atoms with Gasteiger partial charge < -0.3 is 36.0 Å². The highest BCUT2D eigenvalue weighted by atomic mass is 35.5. The van der Waals surface area contributed by atoms with Gasteiger partial charge in [0.2, 0.25) is 5.43 Å². The van der Waals surface area contributed by atoms with E-state index in [1.54, 1.807) is 43.6 Å². The van der Waals surface area contributed by atoms with Crippen LogP contribution in [0, 0.1) is 5.82 Å². The quantitative estimate of drug-likeness (QED) is 0.202. The van der Waals surface area contributed by atoms with Crippen molar-refractivity contribution in [3.05, 3.63) is 113 Å². The van der Waals surface area contributed by atoms with Crippen LogP contribution in [0.5, 0.6) is 11.5 Å². The normalized spacial score (nSPS) is 10.5. The number of alkyl halides is 3.